The minimum Gasteiger partial charge on any atom is -0.504 e. The summed E-state index contributed by atoms with van der Waals surface area (Å²) in [7, 11) is 1.46. The van der Waals surface area contributed by atoms with Crippen LogP contribution in [0, 0.1) is 0 Å². The zero-order valence-corrected chi connectivity index (χ0v) is 16.5. The number of phenols is 1. The fraction of sp³-hybridized carbons (Fsp3) is 0.263. The Morgan fingerprint density at radius 2 is 2.04 bits per heavy atom. The van der Waals surface area contributed by atoms with Crippen LogP contribution < -0.4 is 21.2 Å². The zero-order valence-electron chi connectivity index (χ0n) is 15.7. The standard InChI is InChI=1S/C17H20N4O3S.C2H6/c1-24-16-8-12(6-7-15(16)22)9-20-21-17(23)10-25-11-19-14-5-3-2-4-13(14)18;1-2/h2-9,19,22H,10-11,18H2,1H3,(H,21,23);1-2H3/b20-9+;. The largest absolute Gasteiger partial charge is 0.504 e. The van der Waals surface area contributed by atoms with Gasteiger partial charge >= 0.3 is 0 Å². The molecule has 2 aromatic carbocycles. The Bertz CT molecular complexity index is 753. The molecule has 0 heterocycles. The summed E-state index contributed by atoms with van der Waals surface area (Å²) >= 11 is 1.41. The maximum absolute atomic E-state index is 11.7. The molecule has 7 nitrogen and oxygen atoms in total. The highest BCUT2D eigenvalue weighted by Gasteiger charge is 2.02. The van der Waals surface area contributed by atoms with Gasteiger partial charge in [-0.25, -0.2) is 5.43 Å². The lowest BCUT2D eigenvalue weighted by atomic mass is 10.2. The Balaban J connectivity index is 0.00000176. The Hall–Kier alpha value is -2.87. The summed E-state index contributed by atoms with van der Waals surface area (Å²) in [4.78, 5) is 11.7. The average molecular weight is 391 g/mol. The molecule has 0 atom stereocenters. The minimum atomic E-state index is -0.213. The minimum absolute atomic E-state index is 0.0478. The van der Waals surface area contributed by atoms with Crippen molar-refractivity contribution >= 4 is 35.3 Å². The van der Waals surface area contributed by atoms with Crippen molar-refractivity contribution in [1.82, 2.24) is 5.43 Å². The number of thioether (sulfide) groups is 1. The van der Waals surface area contributed by atoms with Crippen molar-refractivity contribution in [3.8, 4) is 11.5 Å². The number of hydrogen-bond acceptors (Lipinski definition) is 7. The molecule has 0 aliphatic rings. The third-order valence-corrected chi connectivity index (χ3v) is 3.98. The second-order valence-electron chi connectivity index (χ2n) is 4.98. The van der Waals surface area contributed by atoms with Crippen molar-refractivity contribution in [2.45, 2.75) is 13.8 Å². The Labute approximate surface area is 164 Å². The van der Waals surface area contributed by atoms with Gasteiger partial charge in [0, 0.05) is 0 Å². The number of methoxy groups -OCH3 is 1. The van der Waals surface area contributed by atoms with Gasteiger partial charge in [-0.05, 0) is 35.9 Å². The molecule has 0 aliphatic heterocycles. The van der Waals surface area contributed by atoms with Gasteiger partial charge in [0.15, 0.2) is 11.5 Å². The van der Waals surface area contributed by atoms with E-state index in [1.807, 2.05) is 38.1 Å². The maximum atomic E-state index is 11.7. The number of carbonyl (C=O) groups is 1. The van der Waals surface area contributed by atoms with Crippen molar-refractivity contribution in [3.05, 3.63) is 48.0 Å². The lowest BCUT2D eigenvalue weighted by Gasteiger charge is -2.08. The Kier molecular flexibility index (Phi) is 10.2. The van der Waals surface area contributed by atoms with E-state index in [2.05, 4.69) is 15.8 Å². The number of nitrogens with two attached hydrogens (primary N) is 1. The molecule has 0 spiro atoms. The van der Waals surface area contributed by atoms with Gasteiger partial charge in [-0.1, -0.05) is 26.0 Å². The smallest absolute Gasteiger partial charge is 0.250 e. The normalized spacial score (nSPS) is 10.0. The van der Waals surface area contributed by atoms with Crippen LogP contribution in [0.2, 0.25) is 0 Å². The van der Waals surface area contributed by atoms with Gasteiger partial charge in [0.05, 0.1) is 36.3 Å². The van der Waals surface area contributed by atoms with E-state index in [0.717, 1.165) is 5.69 Å². The highest BCUT2D eigenvalue weighted by atomic mass is 32.2. The van der Waals surface area contributed by atoms with Gasteiger partial charge in [0.2, 0.25) is 5.91 Å². The first-order valence-corrected chi connectivity index (χ1v) is 9.60. The summed E-state index contributed by atoms with van der Waals surface area (Å²) in [5.74, 6) is 0.995. The second kappa shape index (κ2) is 12.5. The lowest BCUT2D eigenvalue weighted by Crippen LogP contribution is -2.20. The van der Waals surface area contributed by atoms with Gasteiger partial charge in [0.1, 0.15) is 0 Å². The van der Waals surface area contributed by atoms with Gasteiger partial charge in [-0.3, -0.25) is 4.79 Å². The highest BCUT2D eigenvalue weighted by molar-refractivity contribution is 8.00. The summed E-state index contributed by atoms with van der Waals surface area (Å²) < 4.78 is 5.01. The molecule has 2 rings (SSSR count). The molecule has 0 aliphatic carbocycles. The van der Waals surface area contributed by atoms with E-state index in [-0.39, 0.29) is 17.4 Å². The average Bonchev–Trinajstić information content (AvgIpc) is 2.69. The number of benzene rings is 2. The molecule has 2 aromatic rings. The fourth-order valence-electron chi connectivity index (χ4n) is 1.92. The number of hydrogen-bond donors (Lipinski definition) is 4. The molecular formula is C19H26N4O3S. The second-order valence-corrected chi connectivity index (χ2v) is 5.97. The maximum Gasteiger partial charge on any atom is 0.250 e. The first kappa shape index (κ1) is 22.2. The number of anilines is 2. The predicted octanol–water partition coefficient (Wildman–Crippen LogP) is 3.26. The quantitative estimate of drug-likeness (QED) is 0.181. The van der Waals surface area contributed by atoms with Crippen LogP contribution in [0.25, 0.3) is 0 Å². The fourth-order valence-corrected chi connectivity index (χ4v) is 2.53. The molecule has 8 heteroatoms. The van der Waals surface area contributed by atoms with Crippen LogP contribution in [0.4, 0.5) is 11.4 Å². The van der Waals surface area contributed by atoms with Crippen molar-refractivity contribution < 1.29 is 14.6 Å². The number of hydrazone groups is 1. The van der Waals surface area contributed by atoms with Crippen LogP contribution in [-0.4, -0.2) is 36.0 Å². The number of rotatable bonds is 8. The van der Waals surface area contributed by atoms with Crippen LogP contribution in [0.3, 0.4) is 0 Å². The number of nitrogens with zero attached hydrogens (tertiary/aromatic N) is 1. The van der Waals surface area contributed by atoms with Crippen LogP contribution in [0.5, 0.6) is 11.5 Å². The van der Waals surface area contributed by atoms with Crippen LogP contribution in [-0.2, 0) is 4.79 Å². The first-order chi connectivity index (χ1) is 13.1. The summed E-state index contributed by atoms with van der Waals surface area (Å²) in [6, 6.07) is 12.2. The first-order valence-electron chi connectivity index (χ1n) is 8.45. The number of phenolic OH excluding ortho intramolecular Hbond substituents is 1. The monoisotopic (exact) mass is 390 g/mol. The molecule has 27 heavy (non-hydrogen) atoms. The number of ether oxygens (including phenoxy) is 1. The highest BCUT2D eigenvalue weighted by Crippen LogP contribution is 2.25. The van der Waals surface area contributed by atoms with Gasteiger partial charge in [-0.15, -0.1) is 11.8 Å². The number of nitrogens with one attached hydrogen (secondary N) is 2. The molecular weight excluding hydrogens is 364 g/mol. The number of carbonyl (C=O) groups excluding carboxylic acids is 1. The summed E-state index contributed by atoms with van der Waals surface area (Å²) in [5.41, 5.74) is 10.5. The summed E-state index contributed by atoms with van der Waals surface area (Å²) in [5, 5.41) is 16.5. The van der Waals surface area contributed by atoms with E-state index < -0.39 is 0 Å². The van der Waals surface area contributed by atoms with Gasteiger partial charge in [0.25, 0.3) is 0 Å². The third kappa shape index (κ3) is 7.91. The summed E-state index contributed by atoms with van der Waals surface area (Å²) in [6.45, 7) is 4.00. The van der Waals surface area contributed by atoms with Gasteiger partial charge in [-0.2, -0.15) is 5.10 Å². The number of para-hydroxylation sites is 2. The molecule has 0 unspecified atom stereocenters. The predicted molar refractivity (Wildman–Crippen MR) is 114 cm³/mol. The van der Waals surface area contributed by atoms with E-state index >= 15 is 0 Å². The van der Waals surface area contributed by atoms with Crippen LogP contribution >= 0.6 is 11.8 Å². The van der Waals surface area contributed by atoms with E-state index in [1.165, 1.54) is 31.2 Å². The van der Waals surface area contributed by atoms with E-state index in [9.17, 15) is 9.90 Å². The summed E-state index contributed by atoms with van der Waals surface area (Å²) in [6.07, 6.45) is 1.48. The SMILES string of the molecule is CC.COc1cc(/C=N/NC(=O)CSCNc2ccccc2N)ccc1O. The van der Waals surface area contributed by atoms with Crippen molar-refractivity contribution in [1.29, 1.82) is 0 Å². The van der Waals surface area contributed by atoms with Crippen molar-refractivity contribution in [3.63, 3.8) is 0 Å². The third-order valence-electron chi connectivity index (χ3n) is 3.17. The van der Waals surface area contributed by atoms with E-state index in [4.69, 9.17) is 10.5 Å². The molecule has 0 saturated carbocycles. The van der Waals surface area contributed by atoms with Gasteiger partial charge < -0.3 is 20.9 Å². The molecule has 1 amide bonds. The topological polar surface area (TPSA) is 109 Å². The molecule has 0 saturated heterocycles. The van der Waals surface area contributed by atoms with Crippen LogP contribution in [0.15, 0.2) is 47.6 Å². The van der Waals surface area contributed by atoms with Crippen molar-refractivity contribution in [2.75, 3.05) is 29.8 Å². The molecule has 0 bridgehead atoms. The zero-order chi connectivity index (χ0) is 20.1. The van der Waals surface area contributed by atoms with E-state index in [0.29, 0.717) is 22.9 Å². The number of amides is 1. The Morgan fingerprint density at radius 1 is 1.30 bits per heavy atom. The molecule has 146 valence electrons. The molecule has 5 N–H and O–H groups in total. The molecule has 0 radical (unpaired) electrons. The Morgan fingerprint density at radius 3 is 2.74 bits per heavy atom. The van der Waals surface area contributed by atoms with Crippen LogP contribution in [0.1, 0.15) is 19.4 Å². The van der Waals surface area contributed by atoms with E-state index in [1.54, 1.807) is 12.1 Å². The van der Waals surface area contributed by atoms with Crippen molar-refractivity contribution in [2.24, 2.45) is 5.10 Å². The lowest BCUT2D eigenvalue weighted by molar-refractivity contribution is -0.118. The number of aromatic hydroxyl groups is 1. The number of nitrogen functional groups attached to an aromatic ring is 1. The molecule has 0 fully saturated rings. The molecule has 0 aromatic heterocycles.